The number of nitrogens with zero attached hydrogens (tertiary/aromatic N) is 3. The summed E-state index contributed by atoms with van der Waals surface area (Å²) in [6.45, 7) is 7.98. The summed E-state index contributed by atoms with van der Waals surface area (Å²) in [6.07, 6.45) is 4.18. The number of ether oxygens (including phenoxy) is 1. The Morgan fingerprint density at radius 1 is 1.41 bits per heavy atom. The molecule has 0 amide bonds. The fourth-order valence-electron chi connectivity index (χ4n) is 2.08. The molecule has 1 N–H and O–H groups in total. The van der Waals surface area contributed by atoms with Crippen LogP contribution in [0.1, 0.15) is 32.4 Å². The van der Waals surface area contributed by atoms with Crippen LogP contribution in [0.4, 0.5) is 0 Å². The Balaban J connectivity index is 2.51. The van der Waals surface area contributed by atoms with Gasteiger partial charge in [-0.15, -0.1) is 0 Å². The fourth-order valence-corrected chi connectivity index (χ4v) is 2.35. The molecule has 0 aliphatic carbocycles. The number of nitrogens with one attached hydrogen (secondary N) is 1. The SMILES string of the molecule is CCCCOCCN=C(NCC)N(C)Cc1cc(Cl)cn1C. The monoisotopic (exact) mass is 328 g/mol. The van der Waals surface area contributed by atoms with Gasteiger partial charge in [0.05, 0.1) is 24.7 Å². The largest absolute Gasteiger partial charge is 0.380 e. The summed E-state index contributed by atoms with van der Waals surface area (Å²) in [4.78, 5) is 6.71. The number of unbranched alkanes of at least 4 members (excludes halogenated alkanes) is 1. The van der Waals surface area contributed by atoms with E-state index in [0.29, 0.717) is 13.2 Å². The van der Waals surface area contributed by atoms with E-state index in [1.165, 1.54) is 0 Å². The molecule has 126 valence electrons. The van der Waals surface area contributed by atoms with Crippen molar-refractivity contribution in [2.75, 3.05) is 33.4 Å². The van der Waals surface area contributed by atoms with Crippen LogP contribution in [-0.4, -0.2) is 48.8 Å². The van der Waals surface area contributed by atoms with E-state index in [4.69, 9.17) is 16.3 Å². The van der Waals surface area contributed by atoms with Gasteiger partial charge in [-0.2, -0.15) is 0 Å². The highest BCUT2D eigenvalue weighted by Gasteiger charge is 2.09. The van der Waals surface area contributed by atoms with Crippen molar-refractivity contribution >= 4 is 17.6 Å². The van der Waals surface area contributed by atoms with Crippen LogP contribution in [0.2, 0.25) is 5.02 Å². The number of guanidine groups is 1. The Hall–Kier alpha value is -1.20. The molecule has 0 aromatic carbocycles. The van der Waals surface area contributed by atoms with Crippen molar-refractivity contribution in [2.24, 2.45) is 12.0 Å². The minimum atomic E-state index is 0.665. The number of rotatable bonds is 9. The Morgan fingerprint density at radius 2 is 2.18 bits per heavy atom. The molecule has 1 aromatic heterocycles. The van der Waals surface area contributed by atoms with Gasteiger partial charge >= 0.3 is 0 Å². The van der Waals surface area contributed by atoms with Crippen LogP contribution < -0.4 is 5.32 Å². The molecule has 0 aliphatic heterocycles. The minimum Gasteiger partial charge on any atom is -0.380 e. The van der Waals surface area contributed by atoms with E-state index in [9.17, 15) is 0 Å². The fraction of sp³-hybridized carbons (Fsp3) is 0.688. The molecular formula is C16H29ClN4O. The van der Waals surface area contributed by atoms with Crippen molar-refractivity contribution in [1.29, 1.82) is 0 Å². The average molecular weight is 329 g/mol. The summed E-state index contributed by atoms with van der Waals surface area (Å²) < 4.78 is 7.59. The van der Waals surface area contributed by atoms with Crippen LogP contribution in [0, 0.1) is 0 Å². The van der Waals surface area contributed by atoms with Gasteiger partial charge in [0, 0.05) is 39.1 Å². The molecule has 0 saturated carbocycles. The number of aryl methyl sites for hydroxylation is 1. The van der Waals surface area contributed by atoms with Gasteiger partial charge in [-0.1, -0.05) is 24.9 Å². The summed E-state index contributed by atoms with van der Waals surface area (Å²) in [7, 11) is 4.03. The van der Waals surface area contributed by atoms with Crippen molar-refractivity contribution in [2.45, 2.75) is 33.2 Å². The summed E-state index contributed by atoms with van der Waals surface area (Å²) in [5, 5.41) is 4.07. The predicted molar refractivity (Wildman–Crippen MR) is 93.6 cm³/mol. The Morgan fingerprint density at radius 3 is 2.77 bits per heavy atom. The first-order valence-electron chi connectivity index (χ1n) is 7.96. The van der Waals surface area contributed by atoms with Gasteiger partial charge < -0.3 is 19.5 Å². The molecule has 0 saturated heterocycles. The highest BCUT2D eigenvalue weighted by molar-refractivity contribution is 6.30. The first-order valence-corrected chi connectivity index (χ1v) is 8.34. The maximum atomic E-state index is 6.03. The lowest BCUT2D eigenvalue weighted by Gasteiger charge is -2.22. The van der Waals surface area contributed by atoms with Crippen LogP contribution in [0.15, 0.2) is 17.3 Å². The highest BCUT2D eigenvalue weighted by Crippen LogP contribution is 2.14. The minimum absolute atomic E-state index is 0.665. The third kappa shape index (κ3) is 6.71. The molecule has 22 heavy (non-hydrogen) atoms. The highest BCUT2D eigenvalue weighted by atomic mass is 35.5. The van der Waals surface area contributed by atoms with E-state index < -0.39 is 0 Å². The number of hydrogen-bond acceptors (Lipinski definition) is 2. The first-order chi connectivity index (χ1) is 10.6. The van der Waals surface area contributed by atoms with E-state index in [1.54, 1.807) is 0 Å². The van der Waals surface area contributed by atoms with Gasteiger partial charge in [0.1, 0.15) is 0 Å². The molecule has 1 heterocycles. The molecule has 6 heteroatoms. The molecule has 0 bridgehead atoms. The molecule has 1 rings (SSSR count). The molecule has 0 radical (unpaired) electrons. The van der Waals surface area contributed by atoms with Crippen molar-refractivity contribution < 1.29 is 4.74 Å². The molecule has 0 aliphatic rings. The van der Waals surface area contributed by atoms with Crippen LogP contribution in [-0.2, 0) is 18.3 Å². The Kier molecular flexibility index (Phi) is 9.01. The lowest BCUT2D eigenvalue weighted by atomic mass is 10.4. The van der Waals surface area contributed by atoms with E-state index in [1.807, 2.05) is 30.9 Å². The third-order valence-corrected chi connectivity index (χ3v) is 3.52. The lowest BCUT2D eigenvalue weighted by molar-refractivity contribution is 0.138. The summed E-state index contributed by atoms with van der Waals surface area (Å²) in [5.74, 6) is 0.888. The number of aromatic nitrogens is 1. The molecule has 1 aromatic rings. The van der Waals surface area contributed by atoms with Gasteiger partial charge in [0.25, 0.3) is 0 Å². The van der Waals surface area contributed by atoms with E-state index in [-0.39, 0.29) is 0 Å². The van der Waals surface area contributed by atoms with Crippen LogP contribution in [0.3, 0.4) is 0 Å². The van der Waals surface area contributed by atoms with Gasteiger partial charge in [0.2, 0.25) is 0 Å². The quantitative estimate of drug-likeness (QED) is 0.430. The second kappa shape index (κ2) is 10.5. The van der Waals surface area contributed by atoms with Crippen LogP contribution in [0.25, 0.3) is 0 Å². The predicted octanol–water partition coefficient (Wildman–Crippen LogP) is 2.89. The maximum Gasteiger partial charge on any atom is 0.194 e. The molecular weight excluding hydrogens is 300 g/mol. The second-order valence-corrected chi connectivity index (χ2v) is 5.75. The third-order valence-electron chi connectivity index (χ3n) is 3.31. The maximum absolute atomic E-state index is 6.03. The standard InChI is InChI=1S/C16H29ClN4O/c1-5-7-9-22-10-8-19-16(18-6-2)21(4)13-15-11-14(17)12-20(15)3/h11-12H,5-10,13H2,1-4H3,(H,18,19). The van der Waals surface area contributed by atoms with Gasteiger partial charge in [-0.05, 0) is 19.4 Å². The molecule has 0 unspecified atom stereocenters. The second-order valence-electron chi connectivity index (χ2n) is 5.32. The Labute approximate surface area is 139 Å². The average Bonchev–Trinajstić information content (AvgIpc) is 2.79. The number of halogens is 1. The summed E-state index contributed by atoms with van der Waals surface area (Å²) in [6, 6.07) is 1.98. The molecule has 0 spiro atoms. The van der Waals surface area contributed by atoms with Gasteiger partial charge in [-0.25, -0.2) is 0 Å². The van der Waals surface area contributed by atoms with Crippen LogP contribution in [0.5, 0.6) is 0 Å². The molecule has 0 atom stereocenters. The van der Waals surface area contributed by atoms with Crippen molar-refractivity contribution in [3.05, 3.63) is 23.0 Å². The lowest BCUT2D eigenvalue weighted by Crippen LogP contribution is -2.39. The number of aliphatic imine (C=N–C) groups is 1. The zero-order valence-electron chi connectivity index (χ0n) is 14.2. The first kappa shape index (κ1) is 18.8. The van der Waals surface area contributed by atoms with Crippen molar-refractivity contribution in [1.82, 2.24) is 14.8 Å². The zero-order valence-corrected chi connectivity index (χ0v) is 15.0. The summed E-state index contributed by atoms with van der Waals surface area (Å²) in [5.41, 5.74) is 1.15. The zero-order chi connectivity index (χ0) is 16.4. The summed E-state index contributed by atoms with van der Waals surface area (Å²) >= 11 is 6.03. The Bertz CT molecular complexity index is 459. The molecule has 0 fully saturated rings. The van der Waals surface area contributed by atoms with E-state index >= 15 is 0 Å². The van der Waals surface area contributed by atoms with Gasteiger partial charge in [0.15, 0.2) is 5.96 Å². The van der Waals surface area contributed by atoms with Crippen molar-refractivity contribution in [3.8, 4) is 0 Å². The topological polar surface area (TPSA) is 41.8 Å². The van der Waals surface area contributed by atoms with Crippen LogP contribution >= 0.6 is 11.6 Å². The molecule has 5 nitrogen and oxygen atoms in total. The normalized spacial score (nSPS) is 11.8. The van der Waals surface area contributed by atoms with Gasteiger partial charge in [-0.3, -0.25) is 4.99 Å². The van der Waals surface area contributed by atoms with Crippen molar-refractivity contribution in [3.63, 3.8) is 0 Å². The number of hydrogen-bond donors (Lipinski definition) is 1. The smallest absolute Gasteiger partial charge is 0.194 e. The van der Waals surface area contributed by atoms with E-state index in [0.717, 1.165) is 49.2 Å². The van der Waals surface area contributed by atoms with E-state index in [2.05, 4.69) is 29.1 Å².